The number of carbonyl (C=O) groups excluding carboxylic acids is 2. The molecule has 0 fully saturated rings. The second-order valence-corrected chi connectivity index (χ2v) is 5.80. The number of aryl methyl sites for hydroxylation is 1. The average molecular weight is 289 g/mol. The van der Waals surface area contributed by atoms with Crippen molar-refractivity contribution >= 4 is 11.8 Å². The lowest BCUT2D eigenvalue weighted by Crippen LogP contribution is -2.24. The molecule has 1 atom stereocenters. The van der Waals surface area contributed by atoms with Crippen molar-refractivity contribution in [2.75, 3.05) is 6.54 Å². The van der Waals surface area contributed by atoms with Gasteiger partial charge in [0.15, 0.2) is 5.78 Å². The summed E-state index contributed by atoms with van der Waals surface area (Å²) in [6, 6.07) is 6.18. The van der Waals surface area contributed by atoms with Crippen molar-refractivity contribution in [2.45, 2.75) is 52.2 Å². The Morgan fingerprint density at radius 3 is 2.81 bits per heavy atom. The maximum atomic E-state index is 11.5. The third kappa shape index (κ3) is 4.14. The number of ketones is 1. The van der Waals surface area contributed by atoms with Crippen molar-refractivity contribution in [2.24, 2.45) is 0 Å². The summed E-state index contributed by atoms with van der Waals surface area (Å²) < 4.78 is 5.11. The highest BCUT2D eigenvalue weighted by atomic mass is 16.5. The fourth-order valence-electron chi connectivity index (χ4n) is 2.72. The normalized spacial score (nSPS) is 16.9. The van der Waals surface area contributed by atoms with Crippen LogP contribution in [0.25, 0.3) is 0 Å². The zero-order valence-corrected chi connectivity index (χ0v) is 12.9. The number of carbonyl (C=O) groups is 2. The molecule has 1 N–H and O–H groups in total. The molecule has 2 rings (SSSR count). The second-order valence-electron chi connectivity index (χ2n) is 5.80. The molecule has 0 aromatic heterocycles. The van der Waals surface area contributed by atoms with E-state index in [-0.39, 0.29) is 23.9 Å². The molecule has 0 saturated carbocycles. The van der Waals surface area contributed by atoms with Crippen LogP contribution in [0.3, 0.4) is 0 Å². The largest absolute Gasteiger partial charge is 0.463 e. The number of fused-ring (bicyclic) bond motifs is 1. The van der Waals surface area contributed by atoms with Crippen LogP contribution in [0.5, 0.6) is 0 Å². The van der Waals surface area contributed by atoms with E-state index in [0.717, 1.165) is 18.4 Å². The van der Waals surface area contributed by atoms with Gasteiger partial charge in [0.05, 0.1) is 12.5 Å². The van der Waals surface area contributed by atoms with Gasteiger partial charge in [0, 0.05) is 18.2 Å². The van der Waals surface area contributed by atoms with Gasteiger partial charge in [-0.05, 0) is 50.8 Å². The lowest BCUT2D eigenvalue weighted by atomic mass is 10.0. The molecule has 0 radical (unpaired) electrons. The molecular weight excluding hydrogens is 266 g/mol. The number of esters is 1. The van der Waals surface area contributed by atoms with Crippen molar-refractivity contribution in [1.29, 1.82) is 0 Å². The molecule has 0 spiro atoms. The molecule has 4 heteroatoms. The number of hydrogen-bond acceptors (Lipinski definition) is 4. The number of nitrogens with one attached hydrogen (secondary N) is 1. The topological polar surface area (TPSA) is 55.4 Å². The molecule has 21 heavy (non-hydrogen) atoms. The Kier molecular flexibility index (Phi) is 5.12. The summed E-state index contributed by atoms with van der Waals surface area (Å²) in [5.74, 6) is -0.0618. The summed E-state index contributed by atoms with van der Waals surface area (Å²) in [6.45, 7) is 5.91. The molecule has 1 aliphatic rings. The van der Waals surface area contributed by atoms with E-state index in [4.69, 9.17) is 4.74 Å². The maximum Gasteiger partial charge on any atom is 0.307 e. The van der Waals surface area contributed by atoms with Gasteiger partial charge >= 0.3 is 5.97 Å². The van der Waals surface area contributed by atoms with E-state index >= 15 is 0 Å². The van der Waals surface area contributed by atoms with Crippen molar-refractivity contribution in [3.05, 3.63) is 34.9 Å². The van der Waals surface area contributed by atoms with Gasteiger partial charge in [-0.2, -0.15) is 0 Å². The summed E-state index contributed by atoms with van der Waals surface area (Å²) in [5, 5.41) is 3.40. The van der Waals surface area contributed by atoms with Crippen LogP contribution in [0.4, 0.5) is 0 Å². The highest BCUT2D eigenvalue weighted by Gasteiger charge is 2.22. The van der Waals surface area contributed by atoms with Gasteiger partial charge < -0.3 is 10.1 Å². The molecule has 1 aromatic rings. The van der Waals surface area contributed by atoms with Crippen LogP contribution >= 0.6 is 0 Å². The number of rotatable bonds is 6. The van der Waals surface area contributed by atoms with Crippen LogP contribution < -0.4 is 5.32 Å². The Bertz CT molecular complexity index is 537. The van der Waals surface area contributed by atoms with E-state index in [1.54, 1.807) is 6.92 Å². The van der Waals surface area contributed by atoms with E-state index in [1.165, 1.54) is 11.1 Å². The Hall–Kier alpha value is -1.68. The molecule has 0 saturated heterocycles. The van der Waals surface area contributed by atoms with Crippen LogP contribution in [-0.4, -0.2) is 24.4 Å². The number of Topliss-reactive ketones (excluding diaryl/α,β-unsaturated/α-hetero) is 1. The Labute approximate surface area is 125 Å². The second kappa shape index (κ2) is 6.85. The van der Waals surface area contributed by atoms with Crippen molar-refractivity contribution in [3.8, 4) is 0 Å². The third-order valence-corrected chi connectivity index (χ3v) is 3.71. The highest BCUT2D eigenvalue weighted by Crippen LogP contribution is 2.31. The predicted octanol–water partition coefficient (Wildman–Crippen LogP) is 2.81. The molecule has 0 heterocycles. The van der Waals surface area contributed by atoms with Gasteiger partial charge in [-0.25, -0.2) is 0 Å². The molecule has 0 aliphatic heterocycles. The Morgan fingerprint density at radius 2 is 2.14 bits per heavy atom. The summed E-state index contributed by atoms with van der Waals surface area (Å²) in [4.78, 5) is 22.9. The lowest BCUT2D eigenvalue weighted by Gasteiger charge is -2.14. The molecule has 1 aliphatic carbocycles. The van der Waals surface area contributed by atoms with E-state index in [2.05, 4.69) is 5.32 Å². The maximum absolute atomic E-state index is 11.5. The van der Waals surface area contributed by atoms with Crippen LogP contribution in [0.1, 0.15) is 61.1 Å². The minimum absolute atomic E-state index is 0.0605. The minimum atomic E-state index is -0.164. The average Bonchev–Trinajstić information content (AvgIpc) is 2.80. The van der Waals surface area contributed by atoms with E-state index < -0.39 is 0 Å². The highest BCUT2D eigenvalue weighted by molar-refractivity contribution is 5.94. The van der Waals surface area contributed by atoms with Crippen LogP contribution in [0, 0.1) is 0 Å². The van der Waals surface area contributed by atoms with Crippen LogP contribution in [-0.2, 0) is 16.0 Å². The molecule has 1 aromatic carbocycles. The van der Waals surface area contributed by atoms with Crippen molar-refractivity contribution in [3.63, 3.8) is 0 Å². The van der Waals surface area contributed by atoms with Gasteiger partial charge in [-0.3, -0.25) is 9.59 Å². The molecule has 4 nitrogen and oxygen atoms in total. The lowest BCUT2D eigenvalue weighted by molar-refractivity contribution is -0.147. The monoisotopic (exact) mass is 289 g/mol. The van der Waals surface area contributed by atoms with Gasteiger partial charge in [0.2, 0.25) is 0 Å². The summed E-state index contributed by atoms with van der Waals surface area (Å²) >= 11 is 0. The molecular formula is C17H23NO3. The SMILES string of the molecule is CC(=O)c1ccc2c(c1)CCC2NCCC(=O)OC(C)C. The zero-order valence-electron chi connectivity index (χ0n) is 12.9. The van der Waals surface area contributed by atoms with Crippen molar-refractivity contribution < 1.29 is 14.3 Å². The molecule has 114 valence electrons. The van der Waals surface area contributed by atoms with E-state index in [9.17, 15) is 9.59 Å². The van der Waals surface area contributed by atoms with Gasteiger partial charge in [0.25, 0.3) is 0 Å². The fourth-order valence-corrected chi connectivity index (χ4v) is 2.72. The van der Waals surface area contributed by atoms with E-state index in [1.807, 2.05) is 32.0 Å². The first-order valence-electron chi connectivity index (χ1n) is 7.54. The number of ether oxygens (including phenoxy) is 1. The first-order chi connectivity index (χ1) is 9.97. The first kappa shape index (κ1) is 15.7. The number of hydrogen-bond donors (Lipinski definition) is 1. The minimum Gasteiger partial charge on any atom is -0.463 e. The third-order valence-electron chi connectivity index (χ3n) is 3.71. The molecule has 0 amide bonds. The Balaban J connectivity index is 1.88. The Morgan fingerprint density at radius 1 is 1.38 bits per heavy atom. The summed E-state index contributed by atoms with van der Waals surface area (Å²) in [7, 11) is 0. The van der Waals surface area contributed by atoms with Crippen molar-refractivity contribution in [1.82, 2.24) is 5.32 Å². The van der Waals surface area contributed by atoms with Crippen LogP contribution in [0.15, 0.2) is 18.2 Å². The van der Waals surface area contributed by atoms with Gasteiger partial charge in [-0.15, -0.1) is 0 Å². The first-order valence-corrected chi connectivity index (χ1v) is 7.54. The van der Waals surface area contributed by atoms with E-state index in [0.29, 0.717) is 13.0 Å². The summed E-state index contributed by atoms with van der Waals surface area (Å²) in [6.07, 6.45) is 2.31. The molecule has 0 bridgehead atoms. The van der Waals surface area contributed by atoms with Gasteiger partial charge in [0.1, 0.15) is 0 Å². The molecule has 1 unspecified atom stereocenters. The number of benzene rings is 1. The predicted molar refractivity (Wildman–Crippen MR) is 81.4 cm³/mol. The van der Waals surface area contributed by atoms with Crippen LogP contribution in [0.2, 0.25) is 0 Å². The summed E-state index contributed by atoms with van der Waals surface area (Å²) in [5.41, 5.74) is 3.26. The fraction of sp³-hybridized carbons (Fsp3) is 0.529. The quantitative estimate of drug-likeness (QED) is 0.646. The van der Waals surface area contributed by atoms with Gasteiger partial charge in [-0.1, -0.05) is 12.1 Å². The zero-order chi connectivity index (χ0) is 15.4. The smallest absolute Gasteiger partial charge is 0.307 e. The standard InChI is InChI=1S/C17H23NO3/c1-11(2)21-17(20)8-9-18-16-7-5-14-10-13(12(3)19)4-6-15(14)16/h4,6,10-11,16,18H,5,7-9H2,1-3H3.